The first kappa shape index (κ1) is 15.4. The predicted octanol–water partition coefficient (Wildman–Crippen LogP) is 1.55. The van der Waals surface area contributed by atoms with Crippen molar-refractivity contribution in [2.45, 2.75) is 26.7 Å². The maximum Gasteiger partial charge on any atom is 0.251 e. The Labute approximate surface area is 125 Å². The van der Waals surface area contributed by atoms with Crippen molar-refractivity contribution in [1.82, 2.24) is 10.6 Å². The summed E-state index contributed by atoms with van der Waals surface area (Å²) in [7, 11) is 0. The summed E-state index contributed by atoms with van der Waals surface area (Å²) in [5.74, 6) is 0.284. The summed E-state index contributed by atoms with van der Waals surface area (Å²) in [5, 5.41) is 8.88. The Balaban J connectivity index is 1.76. The van der Waals surface area contributed by atoms with Crippen LogP contribution in [0.2, 0.25) is 0 Å². The van der Waals surface area contributed by atoms with Gasteiger partial charge in [-0.05, 0) is 36.1 Å². The molecule has 0 fully saturated rings. The highest BCUT2D eigenvalue weighted by atomic mass is 16.2. The minimum atomic E-state index is -0.124. The molecule has 0 aromatic heterocycles. The fourth-order valence-corrected chi connectivity index (χ4v) is 2.24. The van der Waals surface area contributed by atoms with E-state index in [0.717, 1.165) is 18.7 Å². The summed E-state index contributed by atoms with van der Waals surface area (Å²) in [6.07, 6.45) is 1.26. The van der Waals surface area contributed by atoms with Crippen LogP contribution in [0, 0.1) is 5.92 Å². The van der Waals surface area contributed by atoms with Crippen LogP contribution in [0.5, 0.6) is 0 Å². The monoisotopic (exact) mass is 289 g/mol. The maximum atomic E-state index is 12.0. The molecule has 3 N–H and O–H groups in total. The van der Waals surface area contributed by atoms with E-state index in [1.165, 1.54) is 5.56 Å². The average molecular weight is 289 g/mol. The SMILES string of the molecule is CC(C)CNC(=O)CCNC(=O)c1ccc2c(c1)CCN2. The van der Waals surface area contributed by atoms with Crippen LogP contribution >= 0.6 is 0 Å². The van der Waals surface area contributed by atoms with E-state index < -0.39 is 0 Å². The molecule has 21 heavy (non-hydrogen) atoms. The Morgan fingerprint density at radius 1 is 1.29 bits per heavy atom. The van der Waals surface area contributed by atoms with E-state index in [1.54, 1.807) is 0 Å². The molecule has 1 aromatic rings. The zero-order valence-corrected chi connectivity index (χ0v) is 12.7. The number of fused-ring (bicyclic) bond motifs is 1. The van der Waals surface area contributed by atoms with Crippen LogP contribution in [0.4, 0.5) is 5.69 Å². The van der Waals surface area contributed by atoms with Gasteiger partial charge in [0, 0.05) is 37.3 Å². The summed E-state index contributed by atoms with van der Waals surface area (Å²) in [6, 6.07) is 5.67. The molecule has 0 saturated heterocycles. The number of nitrogens with one attached hydrogen (secondary N) is 3. The number of anilines is 1. The van der Waals surface area contributed by atoms with Gasteiger partial charge < -0.3 is 16.0 Å². The molecular weight excluding hydrogens is 266 g/mol. The normalized spacial score (nSPS) is 12.7. The Hall–Kier alpha value is -2.04. The first-order valence-electron chi connectivity index (χ1n) is 7.48. The minimum absolute atomic E-state index is 0.0258. The topological polar surface area (TPSA) is 70.2 Å². The number of carbonyl (C=O) groups excluding carboxylic acids is 2. The van der Waals surface area contributed by atoms with Crippen molar-refractivity contribution in [3.05, 3.63) is 29.3 Å². The van der Waals surface area contributed by atoms with Gasteiger partial charge in [0.25, 0.3) is 5.91 Å². The summed E-state index contributed by atoms with van der Waals surface area (Å²) in [6.45, 7) is 6.05. The second-order valence-electron chi connectivity index (χ2n) is 5.75. The summed E-state index contributed by atoms with van der Waals surface area (Å²) >= 11 is 0. The van der Waals surface area contributed by atoms with Gasteiger partial charge in [-0.3, -0.25) is 9.59 Å². The number of benzene rings is 1. The van der Waals surface area contributed by atoms with Crippen molar-refractivity contribution in [2.75, 3.05) is 25.0 Å². The molecule has 5 nitrogen and oxygen atoms in total. The van der Waals surface area contributed by atoms with E-state index >= 15 is 0 Å². The fraction of sp³-hybridized carbons (Fsp3) is 0.500. The third-order valence-corrected chi connectivity index (χ3v) is 3.42. The molecular formula is C16H23N3O2. The molecule has 0 unspecified atom stereocenters. The Morgan fingerprint density at radius 3 is 2.86 bits per heavy atom. The highest BCUT2D eigenvalue weighted by molar-refractivity contribution is 5.95. The van der Waals surface area contributed by atoms with Gasteiger partial charge in [-0.1, -0.05) is 13.8 Å². The lowest BCUT2D eigenvalue weighted by molar-refractivity contribution is -0.121. The second kappa shape index (κ2) is 7.11. The molecule has 0 bridgehead atoms. The number of hydrogen-bond acceptors (Lipinski definition) is 3. The van der Waals surface area contributed by atoms with Crippen LogP contribution < -0.4 is 16.0 Å². The molecule has 5 heteroatoms. The molecule has 114 valence electrons. The molecule has 0 aliphatic carbocycles. The number of amides is 2. The predicted molar refractivity (Wildman–Crippen MR) is 83.4 cm³/mol. The van der Waals surface area contributed by atoms with Crippen LogP contribution in [-0.4, -0.2) is 31.4 Å². The fourth-order valence-electron chi connectivity index (χ4n) is 2.24. The van der Waals surface area contributed by atoms with Gasteiger partial charge >= 0.3 is 0 Å². The van der Waals surface area contributed by atoms with Crippen LogP contribution in [0.15, 0.2) is 18.2 Å². The number of rotatable bonds is 6. The van der Waals surface area contributed by atoms with Crippen molar-refractivity contribution in [2.24, 2.45) is 5.92 Å². The van der Waals surface area contributed by atoms with Crippen molar-refractivity contribution < 1.29 is 9.59 Å². The minimum Gasteiger partial charge on any atom is -0.384 e. The molecule has 1 aromatic carbocycles. The van der Waals surface area contributed by atoms with Crippen molar-refractivity contribution in [3.8, 4) is 0 Å². The van der Waals surface area contributed by atoms with Gasteiger partial charge in [0.05, 0.1) is 0 Å². The van der Waals surface area contributed by atoms with E-state index in [-0.39, 0.29) is 11.8 Å². The van der Waals surface area contributed by atoms with Crippen LogP contribution in [-0.2, 0) is 11.2 Å². The molecule has 1 aliphatic heterocycles. The first-order valence-corrected chi connectivity index (χ1v) is 7.48. The van der Waals surface area contributed by atoms with Crippen LogP contribution in [0.25, 0.3) is 0 Å². The summed E-state index contributed by atoms with van der Waals surface area (Å²) in [4.78, 5) is 23.6. The second-order valence-corrected chi connectivity index (χ2v) is 5.75. The molecule has 2 amide bonds. The van der Waals surface area contributed by atoms with E-state index in [1.807, 2.05) is 32.0 Å². The number of carbonyl (C=O) groups is 2. The lowest BCUT2D eigenvalue weighted by Crippen LogP contribution is -2.32. The van der Waals surface area contributed by atoms with Crippen molar-refractivity contribution in [1.29, 1.82) is 0 Å². The molecule has 1 heterocycles. The third-order valence-electron chi connectivity index (χ3n) is 3.42. The molecule has 0 saturated carbocycles. The van der Waals surface area contributed by atoms with E-state index in [0.29, 0.717) is 31.0 Å². The summed E-state index contributed by atoms with van der Waals surface area (Å²) < 4.78 is 0. The quantitative estimate of drug-likeness (QED) is 0.744. The third kappa shape index (κ3) is 4.48. The average Bonchev–Trinajstić information content (AvgIpc) is 2.92. The van der Waals surface area contributed by atoms with Gasteiger partial charge in [-0.15, -0.1) is 0 Å². The number of hydrogen-bond donors (Lipinski definition) is 3. The molecule has 2 rings (SSSR count). The van der Waals surface area contributed by atoms with E-state index in [4.69, 9.17) is 0 Å². The zero-order chi connectivity index (χ0) is 15.2. The van der Waals surface area contributed by atoms with Crippen LogP contribution in [0.3, 0.4) is 0 Å². The van der Waals surface area contributed by atoms with Gasteiger partial charge in [0.2, 0.25) is 5.91 Å². The Kier molecular flexibility index (Phi) is 5.20. The highest BCUT2D eigenvalue weighted by Gasteiger charge is 2.13. The largest absolute Gasteiger partial charge is 0.384 e. The van der Waals surface area contributed by atoms with Gasteiger partial charge in [0.15, 0.2) is 0 Å². The van der Waals surface area contributed by atoms with Gasteiger partial charge in [-0.25, -0.2) is 0 Å². The lowest BCUT2D eigenvalue weighted by Gasteiger charge is -2.09. The highest BCUT2D eigenvalue weighted by Crippen LogP contribution is 2.22. The molecule has 0 spiro atoms. The van der Waals surface area contributed by atoms with Gasteiger partial charge in [0.1, 0.15) is 0 Å². The van der Waals surface area contributed by atoms with Gasteiger partial charge in [-0.2, -0.15) is 0 Å². The van der Waals surface area contributed by atoms with E-state index in [9.17, 15) is 9.59 Å². The van der Waals surface area contributed by atoms with E-state index in [2.05, 4.69) is 16.0 Å². The smallest absolute Gasteiger partial charge is 0.251 e. The summed E-state index contributed by atoms with van der Waals surface area (Å²) in [5.41, 5.74) is 2.94. The maximum absolute atomic E-state index is 12.0. The van der Waals surface area contributed by atoms with Crippen LogP contribution in [0.1, 0.15) is 36.2 Å². The van der Waals surface area contributed by atoms with Crippen molar-refractivity contribution >= 4 is 17.5 Å². The standard InChI is InChI=1S/C16H23N3O2/c1-11(2)10-19-15(20)6-8-18-16(21)13-3-4-14-12(9-13)5-7-17-14/h3-4,9,11,17H,5-8,10H2,1-2H3,(H,18,21)(H,19,20). The first-order chi connectivity index (χ1) is 10.1. The molecule has 1 aliphatic rings. The Bertz CT molecular complexity index is 526. The molecule has 0 atom stereocenters. The zero-order valence-electron chi connectivity index (χ0n) is 12.7. The lowest BCUT2D eigenvalue weighted by atomic mass is 10.1. The molecule has 0 radical (unpaired) electrons. The van der Waals surface area contributed by atoms with Crippen molar-refractivity contribution in [3.63, 3.8) is 0 Å². The Morgan fingerprint density at radius 2 is 2.10 bits per heavy atom.